The van der Waals surface area contributed by atoms with E-state index in [1.54, 1.807) is 36.4 Å². The van der Waals surface area contributed by atoms with Crippen molar-refractivity contribution in [2.24, 2.45) is 5.10 Å². The van der Waals surface area contributed by atoms with Gasteiger partial charge >= 0.3 is 5.91 Å². The van der Waals surface area contributed by atoms with Crippen LogP contribution in [-0.4, -0.2) is 29.2 Å². The van der Waals surface area contributed by atoms with Crippen molar-refractivity contribution >= 4 is 23.7 Å². The number of furan rings is 1. The van der Waals surface area contributed by atoms with Crippen molar-refractivity contribution in [2.45, 2.75) is 27.4 Å². The van der Waals surface area contributed by atoms with E-state index < -0.39 is 5.91 Å². The maximum Gasteiger partial charge on any atom is 0.307 e. The van der Waals surface area contributed by atoms with E-state index in [-0.39, 0.29) is 24.9 Å². The standard InChI is InChI=1S/C34H32N4O5/c1-23-8-4-6-10-30(23)36-33(39)22-42-31-11-7-5-9-26(31)20-35-37-34(40)32-19-18-29(43-32)21-41-28-16-14-27(15-17-28)38-24(2)12-13-25(38)3/h4-20H,21-22H2,1-3H3,(H,36,39)(H,37,40)/b35-20+. The molecule has 0 fully saturated rings. The smallest absolute Gasteiger partial charge is 0.307 e. The molecule has 2 aromatic heterocycles. The maximum absolute atomic E-state index is 12.6. The number of aryl methyl sites for hydroxylation is 3. The number of hydrogen-bond donors (Lipinski definition) is 2. The van der Waals surface area contributed by atoms with Crippen LogP contribution in [0.2, 0.25) is 0 Å². The van der Waals surface area contributed by atoms with Gasteiger partial charge in [0.1, 0.15) is 23.9 Å². The van der Waals surface area contributed by atoms with Crippen LogP contribution >= 0.6 is 0 Å². The Kier molecular flexibility index (Phi) is 9.02. The van der Waals surface area contributed by atoms with Gasteiger partial charge in [0.05, 0.1) is 6.21 Å². The summed E-state index contributed by atoms with van der Waals surface area (Å²) in [4.78, 5) is 25.0. The Balaban J connectivity index is 1.11. The summed E-state index contributed by atoms with van der Waals surface area (Å²) in [6.07, 6.45) is 1.44. The lowest BCUT2D eigenvalue weighted by atomic mass is 10.2. The van der Waals surface area contributed by atoms with Gasteiger partial charge in [0, 0.05) is 28.3 Å². The van der Waals surface area contributed by atoms with Crippen LogP contribution in [0.5, 0.6) is 11.5 Å². The first-order valence-electron chi connectivity index (χ1n) is 13.7. The number of anilines is 1. The molecule has 0 unspecified atom stereocenters. The summed E-state index contributed by atoms with van der Waals surface area (Å²) < 4.78 is 19.4. The summed E-state index contributed by atoms with van der Waals surface area (Å²) in [6.45, 7) is 6.04. The summed E-state index contributed by atoms with van der Waals surface area (Å²) in [5, 5.41) is 6.86. The third kappa shape index (κ3) is 7.39. The Morgan fingerprint density at radius 2 is 1.56 bits per heavy atom. The number of carbonyl (C=O) groups excluding carboxylic acids is 2. The highest BCUT2D eigenvalue weighted by Gasteiger charge is 2.12. The summed E-state index contributed by atoms with van der Waals surface area (Å²) in [5.41, 5.74) is 8.11. The average Bonchev–Trinajstić information content (AvgIpc) is 3.63. The fraction of sp³-hybridized carbons (Fsp3) is 0.147. The average molecular weight is 577 g/mol. The van der Waals surface area contributed by atoms with E-state index in [0.29, 0.717) is 22.8 Å². The highest BCUT2D eigenvalue weighted by Crippen LogP contribution is 2.21. The Morgan fingerprint density at radius 3 is 2.33 bits per heavy atom. The number of ether oxygens (including phenoxy) is 2. The zero-order chi connectivity index (χ0) is 30.2. The summed E-state index contributed by atoms with van der Waals surface area (Å²) in [6, 6.07) is 29.8. The van der Waals surface area contributed by atoms with Crippen molar-refractivity contribution in [1.29, 1.82) is 0 Å². The van der Waals surface area contributed by atoms with Crippen molar-refractivity contribution in [3.05, 3.63) is 131 Å². The second kappa shape index (κ2) is 13.4. The minimum atomic E-state index is -0.514. The van der Waals surface area contributed by atoms with Gasteiger partial charge in [-0.3, -0.25) is 9.59 Å². The summed E-state index contributed by atoms with van der Waals surface area (Å²) >= 11 is 0. The van der Waals surface area contributed by atoms with E-state index in [2.05, 4.69) is 46.4 Å². The van der Waals surface area contributed by atoms with Gasteiger partial charge in [-0.2, -0.15) is 5.10 Å². The van der Waals surface area contributed by atoms with Gasteiger partial charge in [0.15, 0.2) is 12.4 Å². The lowest BCUT2D eigenvalue weighted by Crippen LogP contribution is -2.21. The van der Waals surface area contributed by atoms with Gasteiger partial charge in [0.25, 0.3) is 5.91 Å². The SMILES string of the molecule is Cc1ccccc1NC(=O)COc1ccccc1/C=N/NC(=O)c1ccc(COc2ccc(-n3c(C)ccc3C)cc2)o1. The lowest BCUT2D eigenvalue weighted by Gasteiger charge is -2.11. The van der Waals surface area contributed by atoms with Gasteiger partial charge in [0.2, 0.25) is 0 Å². The maximum atomic E-state index is 12.6. The number of nitrogens with zero attached hydrogens (tertiary/aromatic N) is 2. The number of hydrogen-bond acceptors (Lipinski definition) is 6. The van der Waals surface area contributed by atoms with Gasteiger partial charge in [-0.05, 0) is 93.1 Å². The van der Waals surface area contributed by atoms with E-state index in [9.17, 15) is 9.59 Å². The highest BCUT2D eigenvalue weighted by molar-refractivity contribution is 5.94. The van der Waals surface area contributed by atoms with Crippen LogP contribution in [-0.2, 0) is 11.4 Å². The lowest BCUT2D eigenvalue weighted by molar-refractivity contribution is -0.118. The fourth-order valence-corrected chi connectivity index (χ4v) is 4.48. The van der Waals surface area contributed by atoms with E-state index in [1.165, 1.54) is 6.21 Å². The molecule has 0 saturated heterocycles. The fourth-order valence-electron chi connectivity index (χ4n) is 4.48. The number of carbonyl (C=O) groups is 2. The van der Waals surface area contributed by atoms with Gasteiger partial charge in [-0.1, -0.05) is 30.3 Å². The quantitative estimate of drug-likeness (QED) is 0.141. The Morgan fingerprint density at radius 1 is 0.837 bits per heavy atom. The van der Waals surface area contributed by atoms with Crippen LogP contribution in [0.4, 0.5) is 5.69 Å². The molecule has 0 aliphatic rings. The molecule has 5 rings (SSSR count). The predicted octanol–water partition coefficient (Wildman–Crippen LogP) is 6.36. The third-order valence-electron chi connectivity index (χ3n) is 6.70. The van der Waals surface area contributed by atoms with Crippen LogP contribution < -0.4 is 20.2 Å². The predicted molar refractivity (Wildman–Crippen MR) is 165 cm³/mol. The molecular formula is C34H32N4O5. The molecule has 0 spiro atoms. The molecular weight excluding hydrogens is 544 g/mol. The molecule has 2 amide bonds. The molecule has 3 aromatic carbocycles. The van der Waals surface area contributed by atoms with Gasteiger partial charge in [-0.25, -0.2) is 5.43 Å². The number of amides is 2. The minimum absolute atomic E-state index is 0.0991. The number of aromatic nitrogens is 1. The first-order chi connectivity index (χ1) is 20.9. The van der Waals surface area contributed by atoms with Crippen LogP contribution in [0.25, 0.3) is 5.69 Å². The summed E-state index contributed by atoms with van der Waals surface area (Å²) in [5.74, 6) is 0.933. The third-order valence-corrected chi connectivity index (χ3v) is 6.70. The number of benzene rings is 3. The second-order valence-electron chi connectivity index (χ2n) is 9.89. The molecule has 0 bridgehead atoms. The molecule has 2 heterocycles. The van der Waals surface area contributed by atoms with Crippen molar-refractivity contribution in [3.8, 4) is 17.2 Å². The zero-order valence-electron chi connectivity index (χ0n) is 24.2. The molecule has 0 aliphatic heterocycles. The van der Waals surface area contributed by atoms with Crippen molar-refractivity contribution in [2.75, 3.05) is 11.9 Å². The Bertz CT molecular complexity index is 1730. The highest BCUT2D eigenvalue weighted by atomic mass is 16.5. The monoisotopic (exact) mass is 576 g/mol. The number of hydrazone groups is 1. The van der Waals surface area contributed by atoms with Gasteiger partial charge < -0.3 is 23.8 Å². The molecule has 2 N–H and O–H groups in total. The first-order valence-corrected chi connectivity index (χ1v) is 13.7. The van der Waals surface area contributed by atoms with Crippen LogP contribution in [0.3, 0.4) is 0 Å². The van der Waals surface area contributed by atoms with Crippen molar-refractivity contribution < 1.29 is 23.5 Å². The number of nitrogens with one attached hydrogen (secondary N) is 2. The molecule has 0 atom stereocenters. The van der Waals surface area contributed by atoms with Gasteiger partial charge in [-0.15, -0.1) is 0 Å². The van der Waals surface area contributed by atoms with E-state index >= 15 is 0 Å². The second-order valence-corrected chi connectivity index (χ2v) is 9.89. The molecule has 0 aliphatic carbocycles. The topological polar surface area (TPSA) is 107 Å². The molecule has 43 heavy (non-hydrogen) atoms. The molecule has 5 aromatic rings. The van der Waals surface area contributed by atoms with E-state index in [4.69, 9.17) is 13.9 Å². The van der Waals surface area contributed by atoms with E-state index in [1.807, 2.05) is 55.5 Å². The summed E-state index contributed by atoms with van der Waals surface area (Å²) in [7, 11) is 0. The molecule has 0 radical (unpaired) electrons. The first kappa shape index (κ1) is 28.9. The van der Waals surface area contributed by atoms with Crippen molar-refractivity contribution in [3.63, 3.8) is 0 Å². The molecule has 218 valence electrons. The largest absolute Gasteiger partial charge is 0.486 e. The van der Waals surface area contributed by atoms with Crippen LogP contribution in [0.1, 0.15) is 38.8 Å². The normalized spacial score (nSPS) is 11.0. The van der Waals surface area contributed by atoms with Crippen molar-refractivity contribution in [1.82, 2.24) is 9.99 Å². The van der Waals surface area contributed by atoms with Crippen LogP contribution in [0, 0.1) is 20.8 Å². The Hall–Kier alpha value is -5.57. The Labute approximate surface area is 249 Å². The molecule has 9 nitrogen and oxygen atoms in total. The minimum Gasteiger partial charge on any atom is -0.486 e. The number of rotatable bonds is 11. The number of para-hydroxylation sites is 2. The molecule has 9 heteroatoms. The molecule has 0 saturated carbocycles. The van der Waals surface area contributed by atoms with Crippen LogP contribution in [0.15, 0.2) is 107 Å². The zero-order valence-corrected chi connectivity index (χ0v) is 24.2. The van der Waals surface area contributed by atoms with E-state index in [0.717, 1.165) is 28.3 Å².